The summed E-state index contributed by atoms with van der Waals surface area (Å²) in [6, 6.07) is 3.84. The highest BCUT2D eigenvalue weighted by Gasteiger charge is 2.33. The molecule has 4 heteroatoms. The molecule has 118 valence electrons. The molecule has 0 heterocycles. The number of ether oxygens (including phenoxy) is 2. The van der Waals surface area contributed by atoms with Gasteiger partial charge in [-0.15, -0.1) is 0 Å². The highest BCUT2D eigenvalue weighted by atomic mass is 16.5. The van der Waals surface area contributed by atoms with Crippen LogP contribution in [0.25, 0.3) is 0 Å². The van der Waals surface area contributed by atoms with E-state index in [0.29, 0.717) is 13.0 Å². The maximum Gasteiger partial charge on any atom is 0.256 e. The molecule has 0 saturated carbocycles. The van der Waals surface area contributed by atoms with Crippen molar-refractivity contribution in [3.8, 4) is 5.75 Å². The van der Waals surface area contributed by atoms with Crippen LogP contribution in [0.5, 0.6) is 5.75 Å². The highest BCUT2D eigenvalue weighted by Crippen LogP contribution is 2.28. The third-order valence-electron chi connectivity index (χ3n) is 3.59. The van der Waals surface area contributed by atoms with E-state index in [1.807, 2.05) is 46.8 Å². The maximum absolute atomic E-state index is 12.5. The second kappa shape index (κ2) is 7.46. The van der Waals surface area contributed by atoms with E-state index in [9.17, 15) is 4.79 Å². The summed E-state index contributed by atoms with van der Waals surface area (Å²) >= 11 is 0. The van der Waals surface area contributed by atoms with Crippen molar-refractivity contribution in [2.45, 2.75) is 53.1 Å². The van der Waals surface area contributed by atoms with Crippen molar-refractivity contribution >= 4 is 11.6 Å². The molecule has 1 aromatic rings. The molecule has 0 radical (unpaired) electrons. The quantitative estimate of drug-likeness (QED) is 0.830. The van der Waals surface area contributed by atoms with Gasteiger partial charge in [-0.25, -0.2) is 0 Å². The van der Waals surface area contributed by atoms with Gasteiger partial charge in [-0.05, 0) is 57.4 Å². The summed E-state index contributed by atoms with van der Waals surface area (Å²) in [5.74, 6) is 0.754. The predicted molar refractivity (Wildman–Crippen MR) is 86.0 cm³/mol. The van der Waals surface area contributed by atoms with Crippen LogP contribution in [0.1, 0.15) is 44.7 Å². The number of benzene rings is 1. The number of rotatable bonds is 7. The lowest BCUT2D eigenvalue weighted by atomic mass is 9.98. The van der Waals surface area contributed by atoms with E-state index in [-0.39, 0.29) is 5.91 Å². The molecule has 21 heavy (non-hydrogen) atoms. The minimum Gasteiger partial charge on any atom is -0.496 e. The van der Waals surface area contributed by atoms with Gasteiger partial charge in [-0.1, -0.05) is 13.3 Å². The van der Waals surface area contributed by atoms with E-state index < -0.39 is 5.60 Å². The van der Waals surface area contributed by atoms with Crippen LogP contribution >= 0.6 is 0 Å². The van der Waals surface area contributed by atoms with E-state index in [1.54, 1.807) is 7.11 Å². The normalized spacial score (nSPS) is 13.6. The Morgan fingerprint density at radius 2 is 1.81 bits per heavy atom. The molecule has 0 saturated heterocycles. The minimum absolute atomic E-state index is 0.102. The third-order valence-corrected chi connectivity index (χ3v) is 3.59. The fourth-order valence-corrected chi connectivity index (χ4v) is 2.65. The van der Waals surface area contributed by atoms with Crippen LogP contribution in [0.2, 0.25) is 0 Å². The van der Waals surface area contributed by atoms with Gasteiger partial charge in [0, 0.05) is 12.3 Å². The average molecular weight is 293 g/mol. The van der Waals surface area contributed by atoms with Gasteiger partial charge in [0.1, 0.15) is 11.4 Å². The smallest absolute Gasteiger partial charge is 0.256 e. The van der Waals surface area contributed by atoms with Crippen molar-refractivity contribution < 1.29 is 14.3 Å². The Kier molecular flexibility index (Phi) is 6.21. The molecule has 0 aliphatic heterocycles. The summed E-state index contributed by atoms with van der Waals surface area (Å²) in [5, 5.41) is 2.97. The molecule has 0 bridgehead atoms. The number of carbonyl (C=O) groups is 1. The number of methoxy groups -OCH3 is 1. The highest BCUT2D eigenvalue weighted by molar-refractivity contribution is 5.97. The van der Waals surface area contributed by atoms with Gasteiger partial charge >= 0.3 is 0 Å². The Bertz CT molecular complexity index is 468. The van der Waals surface area contributed by atoms with Crippen LogP contribution in [0, 0.1) is 13.8 Å². The molecule has 1 rings (SSSR count). The molecule has 0 aromatic heterocycles. The van der Waals surface area contributed by atoms with E-state index in [0.717, 1.165) is 29.0 Å². The van der Waals surface area contributed by atoms with Crippen molar-refractivity contribution in [1.82, 2.24) is 0 Å². The van der Waals surface area contributed by atoms with Crippen LogP contribution in [-0.2, 0) is 9.53 Å². The summed E-state index contributed by atoms with van der Waals surface area (Å²) in [6.45, 7) is 10.3. The first kappa shape index (κ1) is 17.5. The van der Waals surface area contributed by atoms with Gasteiger partial charge in [0.05, 0.1) is 7.11 Å². The van der Waals surface area contributed by atoms with Crippen molar-refractivity contribution in [2.24, 2.45) is 0 Å². The van der Waals surface area contributed by atoms with Crippen molar-refractivity contribution in [1.29, 1.82) is 0 Å². The summed E-state index contributed by atoms with van der Waals surface area (Å²) < 4.78 is 11.0. The number of nitrogens with one attached hydrogen (secondary N) is 1. The topological polar surface area (TPSA) is 47.6 Å². The van der Waals surface area contributed by atoms with E-state index in [4.69, 9.17) is 9.47 Å². The molecule has 1 atom stereocenters. The first-order valence-corrected chi connectivity index (χ1v) is 7.48. The summed E-state index contributed by atoms with van der Waals surface area (Å²) in [5.41, 5.74) is 1.99. The monoisotopic (exact) mass is 293 g/mol. The number of amides is 1. The second-order valence-electron chi connectivity index (χ2n) is 5.51. The summed E-state index contributed by atoms with van der Waals surface area (Å²) in [6.07, 6.45) is 1.59. The van der Waals surface area contributed by atoms with Crippen LogP contribution in [0.4, 0.5) is 5.69 Å². The van der Waals surface area contributed by atoms with Crippen LogP contribution < -0.4 is 10.1 Å². The lowest BCUT2D eigenvalue weighted by Gasteiger charge is -2.28. The lowest BCUT2D eigenvalue weighted by molar-refractivity contribution is -0.139. The third kappa shape index (κ3) is 4.21. The van der Waals surface area contributed by atoms with Crippen LogP contribution in [-0.4, -0.2) is 25.2 Å². The van der Waals surface area contributed by atoms with Gasteiger partial charge in [-0.3, -0.25) is 4.79 Å². The van der Waals surface area contributed by atoms with Crippen LogP contribution in [0.3, 0.4) is 0 Å². The van der Waals surface area contributed by atoms with Gasteiger partial charge in [0.25, 0.3) is 5.91 Å². The second-order valence-corrected chi connectivity index (χ2v) is 5.51. The zero-order chi connectivity index (χ0) is 16.0. The molecule has 0 spiro atoms. The number of hydrogen-bond donors (Lipinski definition) is 1. The predicted octanol–water partition coefficient (Wildman–Crippen LogP) is 3.85. The average Bonchev–Trinajstić information content (AvgIpc) is 2.38. The lowest BCUT2D eigenvalue weighted by Crippen LogP contribution is -2.42. The van der Waals surface area contributed by atoms with Gasteiger partial charge in [-0.2, -0.15) is 0 Å². The zero-order valence-corrected chi connectivity index (χ0v) is 14.0. The summed E-state index contributed by atoms with van der Waals surface area (Å²) in [4.78, 5) is 12.5. The Balaban J connectivity index is 2.96. The van der Waals surface area contributed by atoms with Crippen LogP contribution in [0.15, 0.2) is 12.1 Å². The van der Waals surface area contributed by atoms with E-state index in [1.165, 1.54) is 0 Å². The van der Waals surface area contributed by atoms with Crippen molar-refractivity contribution in [3.05, 3.63) is 23.3 Å². The first-order valence-electron chi connectivity index (χ1n) is 7.48. The number of aryl methyl sites for hydroxylation is 2. The Hall–Kier alpha value is -1.55. The van der Waals surface area contributed by atoms with Gasteiger partial charge in [0.15, 0.2) is 0 Å². The van der Waals surface area contributed by atoms with Crippen molar-refractivity contribution in [2.75, 3.05) is 19.0 Å². The Morgan fingerprint density at radius 3 is 2.24 bits per heavy atom. The fourth-order valence-electron chi connectivity index (χ4n) is 2.65. The number of hydrogen-bond acceptors (Lipinski definition) is 3. The molecular formula is C17H27NO3. The molecule has 0 aliphatic rings. The maximum atomic E-state index is 12.5. The molecule has 0 fully saturated rings. The standard InChI is InChI=1S/C17H27NO3/c1-7-9-17(5,21-8-2)16(19)18-14-10-12(3)15(20-6)13(4)11-14/h10-11H,7-9H2,1-6H3,(H,18,19)/t17-/m1/s1. The number of carbonyl (C=O) groups excluding carboxylic acids is 1. The molecule has 4 nitrogen and oxygen atoms in total. The van der Waals surface area contributed by atoms with Crippen molar-refractivity contribution in [3.63, 3.8) is 0 Å². The molecule has 1 N–H and O–H groups in total. The largest absolute Gasteiger partial charge is 0.496 e. The molecule has 1 amide bonds. The zero-order valence-electron chi connectivity index (χ0n) is 14.0. The van der Waals surface area contributed by atoms with Gasteiger partial charge < -0.3 is 14.8 Å². The SMILES string of the molecule is CCC[C@@](C)(OCC)C(=O)Nc1cc(C)c(OC)c(C)c1. The Labute approximate surface area is 127 Å². The molecule has 1 aromatic carbocycles. The molecular weight excluding hydrogens is 266 g/mol. The van der Waals surface area contributed by atoms with E-state index in [2.05, 4.69) is 5.32 Å². The first-order chi connectivity index (χ1) is 9.87. The molecule has 0 aliphatic carbocycles. The fraction of sp³-hybridized carbons (Fsp3) is 0.588. The number of anilines is 1. The van der Waals surface area contributed by atoms with Gasteiger partial charge in [0.2, 0.25) is 0 Å². The minimum atomic E-state index is -0.786. The Morgan fingerprint density at radius 1 is 1.24 bits per heavy atom. The van der Waals surface area contributed by atoms with E-state index >= 15 is 0 Å². The molecule has 0 unspecified atom stereocenters. The summed E-state index contributed by atoms with van der Waals surface area (Å²) in [7, 11) is 1.65.